The van der Waals surface area contributed by atoms with Gasteiger partial charge in [0.1, 0.15) is 0 Å². The molecule has 11 heavy (non-hydrogen) atoms. The van der Waals surface area contributed by atoms with Gasteiger partial charge in [0.25, 0.3) is 0 Å². The second-order valence-electron chi connectivity index (χ2n) is 2.64. The van der Waals surface area contributed by atoms with Gasteiger partial charge in [-0.15, -0.1) is 0 Å². The van der Waals surface area contributed by atoms with Gasteiger partial charge in [0.15, 0.2) is 0 Å². The predicted octanol–water partition coefficient (Wildman–Crippen LogP) is 1.20. The second-order valence-corrected chi connectivity index (χ2v) is 2.64. The van der Waals surface area contributed by atoms with Gasteiger partial charge in [-0.1, -0.05) is 13.3 Å². The maximum absolute atomic E-state index is 9.86. The molecule has 0 fully saturated rings. The van der Waals surface area contributed by atoms with Crippen molar-refractivity contribution in [3.63, 3.8) is 0 Å². The fraction of sp³-hybridized carbons (Fsp3) is 1.00. The Bertz CT molecular complexity index is 116. The average molecular weight is 161 g/mol. The van der Waals surface area contributed by atoms with E-state index in [2.05, 4.69) is 0 Å². The van der Waals surface area contributed by atoms with Gasteiger partial charge >= 0.3 is 0 Å². The third-order valence-corrected chi connectivity index (χ3v) is 1.50. The predicted molar refractivity (Wildman–Crippen MR) is 42.0 cm³/mol. The largest absolute Gasteiger partial charge is 0.393 e. The van der Waals surface area contributed by atoms with E-state index in [1.54, 1.807) is 0 Å². The summed E-state index contributed by atoms with van der Waals surface area (Å²) in [5.41, 5.74) is 0. The Hall–Kier alpha value is -0.640. The van der Waals surface area contributed by atoms with E-state index in [-0.39, 0.29) is 17.6 Å². The van der Waals surface area contributed by atoms with E-state index in [0.717, 1.165) is 12.8 Å². The van der Waals surface area contributed by atoms with Gasteiger partial charge in [-0.2, -0.15) is 0 Å². The van der Waals surface area contributed by atoms with E-state index in [1.807, 2.05) is 6.92 Å². The highest BCUT2D eigenvalue weighted by Crippen LogP contribution is 2.03. The summed E-state index contributed by atoms with van der Waals surface area (Å²) in [7, 11) is 0. The van der Waals surface area contributed by atoms with Crippen LogP contribution in [0.15, 0.2) is 0 Å². The van der Waals surface area contributed by atoms with Crippen LogP contribution in [0.3, 0.4) is 0 Å². The number of hydrogen-bond donors (Lipinski definition) is 1. The Labute approximate surface area is 66.4 Å². The summed E-state index contributed by atoms with van der Waals surface area (Å²) in [6, 6.07) is 0. The van der Waals surface area contributed by atoms with Gasteiger partial charge in [0, 0.05) is 11.3 Å². The molecule has 0 unspecified atom stereocenters. The topological polar surface area (TPSA) is 63.4 Å². The van der Waals surface area contributed by atoms with Crippen molar-refractivity contribution in [2.75, 3.05) is 6.54 Å². The van der Waals surface area contributed by atoms with Crippen molar-refractivity contribution in [1.82, 2.24) is 0 Å². The van der Waals surface area contributed by atoms with E-state index in [1.165, 1.54) is 0 Å². The smallest absolute Gasteiger partial charge is 0.204 e. The van der Waals surface area contributed by atoms with Crippen LogP contribution >= 0.6 is 0 Å². The molecule has 0 saturated carbocycles. The quantitative estimate of drug-likeness (QED) is 0.470. The number of nitro groups is 1. The molecule has 0 saturated heterocycles. The van der Waals surface area contributed by atoms with Crippen LogP contribution in [-0.4, -0.2) is 22.7 Å². The van der Waals surface area contributed by atoms with Gasteiger partial charge in [-0.3, -0.25) is 10.1 Å². The molecule has 4 heteroatoms. The normalized spacial score (nSPS) is 12.9. The second kappa shape index (κ2) is 6.09. The van der Waals surface area contributed by atoms with Crippen molar-refractivity contribution in [2.24, 2.45) is 0 Å². The third-order valence-electron chi connectivity index (χ3n) is 1.50. The van der Waals surface area contributed by atoms with Gasteiger partial charge < -0.3 is 5.11 Å². The molecule has 0 aliphatic carbocycles. The summed E-state index contributed by atoms with van der Waals surface area (Å²) >= 11 is 0. The first-order valence-electron chi connectivity index (χ1n) is 3.96. The number of hydrogen-bond acceptors (Lipinski definition) is 3. The molecule has 0 aliphatic heterocycles. The number of rotatable bonds is 6. The van der Waals surface area contributed by atoms with Crippen LogP contribution in [0, 0.1) is 10.1 Å². The molecule has 1 N–H and O–H groups in total. The van der Waals surface area contributed by atoms with Crippen molar-refractivity contribution < 1.29 is 10.0 Å². The van der Waals surface area contributed by atoms with E-state index in [4.69, 9.17) is 5.11 Å². The summed E-state index contributed by atoms with van der Waals surface area (Å²) in [5, 5.41) is 19.0. The third kappa shape index (κ3) is 7.25. The fourth-order valence-corrected chi connectivity index (χ4v) is 0.934. The summed E-state index contributed by atoms with van der Waals surface area (Å²) < 4.78 is 0. The van der Waals surface area contributed by atoms with Crippen LogP contribution < -0.4 is 0 Å². The first-order valence-corrected chi connectivity index (χ1v) is 3.96. The van der Waals surface area contributed by atoms with Gasteiger partial charge in [-0.05, 0) is 12.8 Å². The van der Waals surface area contributed by atoms with E-state index in [0.29, 0.717) is 12.8 Å². The summed E-state index contributed by atoms with van der Waals surface area (Å²) in [5.74, 6) is 0. The zero-order chi connectivity index (χ0) is 8.69. The lowest BCUT2D eigenvalue weighted by Crippen LogP contribution is -2.09. The van der Waals surface area contributed by atoms with Crippen LogP contribution in [0.25, 0.3) is 0 Å². The first kappa shape index (κ1) is 10.4. The molecule has 0 spiro atoms. The molecule has 0 aromatic carbocycles. The Balaban J connectivity index is 3.16. The van der Waals surface area contributed by atoms with Crippen LogP contribution in [0.1, 0.15) is 32.6 Å². The summed E-state index contributed by atoms with van der Waals surface area (Å²) in [6.07, 6.45) is 2.36. The molecule has 0 rings (SSSR count). The van der Waals surface area contributed by atoms with E-state index < -0.39 is 0 Å². The van der Waals surface area contributed by atoms with Crippen molar-refractivity contribution in [3.8, 4) is 0 Å². The van der Waals surface area contributed by atoms with E-state index >= 15 is 0 Å². The number of aliphatic hydroxyl groups excluding tert-OH is 1. The molecule has 1 atom stereocenters. The molecular weight excluding hydrogens is 146 g/mol. The molecule has 4 nitrogen and oxygen atoms in total. The van der Waals surface area contributed by atoms with Crippen LogP contribution in [0.2, 0.25) is 0 Å². The molecule has 0 amide bonds. The Morgan fingerprint density at radius 1 is 1.55 bits per heavy atom. The average Bonchev–Trinajstić information content (AvgIpc) is 1.87. The van der Waals surface area contributed by atoms with Crippen LogP contribution in [0.4, 0.5) is 0 Å². The van der Waals surface area contributed by atoms with Crippen LogP contribution in [-0.2, 0) is 0 Å². The van der Waals surface area contributed by atoms with Crippen molar-refractivity contribution in [3.05, 3.63) is 10.1 Å². The number of nitrogens with zero attached hydrogens (tertiary/aromatic N) is 1. The maximum Gasteiger partial charge on any atom is 0.204 e. The van der Waals surface area contributed by atoms with E-state index in [9.17, 15) is 10.1 Å². The molecule has 0 bridgehead atoms. The minimum absolute atomic E-state index is 0.0270. The lowest BCUT2D eigenvalue weighted by Gasteiger charge is -2.05. The van der Waals surface area contributed by atoms with Crippen LogP contribution in [0.5, 0.6) is 0 Å². The zero-order valence-electron chi connectivity index (χ0n) is 6.82. The Kier molecular flexibility index (Phi) is 5.74. The van der Waals surface area contributed by atoms with Gasteiger partial charge in [0.05, 0.1) is 6.10 Å². The van der Waals surface area contributed by atoms with Crippen molar-refractivity contribution in [2.45, 2.75) is 38.7 Å². The van der Waals surface area contributed by atoms with Crippen molar-refractivity contribution in [1.29, 1.82) is 0 Å². The Morgan fingerprint density at radius 2 is 2.18 bits per heavy atom. The summed E-state index contributed by atoms with van der Waals surface area (Å²) in [6.45, 7) is 1.96. The lowest BCUT2D eigenvalue weighted by molar-refractivity contribution is -0.480. The lowest BCUT2D eigenvalue weighted by atomic mass is 10.1. The van der Waals surface area contributed by atoms with Crippen molar-refractivity contribution >= 4 is 0 Å². The highest BCUT2D eigenvalue weighted by molar-refractivity contribution is 4.53. The first-order chi connectivity index (χ1) is 5.16. The van der Waals surface area contributed by atoms with Gasteiger partial charge in [0.2, 0.25) is 6.54 Å². The molecule has 0 aromatic rings. The molecule has 0 radical (unpaired) electrons. The summed E-state index contributed by atoms with van der Waals surface area (Å²) in [4.78, 5) is 9.51. The molecular formula is C7H15NO3. The maximum atomic E-state index is 9.86. The Morgan fingerprint density at radius 3 is 2.64 bits per heavy atom. The minimum atomic E-state index is -0.349. The molecule has 0 aliphatic rings. The fourth-order valence-electron chi connectivity index (χ4n) is 0.934. The highest BCUT2D eigenvalue weighted by Gasteiger charge is 2.04. The molecule has 0 aromatic heterocycles. The SMILES string of the molecule is CCC[C@@H](O)CCC[N+](=O)[O-]. The van der Waals surface area contributed by atoms with Gasteiger partial charge in [-0.25, -0.2) is 0 Å². The standard InChI is InChI=1S/C7H15NO3/c1-2-4-7(9)5-3-6-8(10)11/h7,9H,2-6H2,1H3/t7-/m1/s1. The number of aliphatic hydroxyl groups is 1. The minimum Gasteiger partial charge on any atom is -0.393 e. The highest BCUT2D eigenvalue weighted by atomic mass is 16.6. The monoisotopic (exact) mass is 161 g/mol. The molecule has 66 valence electrons. The molecule has 0 heterocycles. The zero-order valence-corrected chi connectivity index (χ0v) is 6.82.